The zero-order valence-electron chi connectivity index (χ0n) is 11.6. The number of rotatable bonds is 3. The van der Waals surface area contributed by atoms with Crippen molar-refractivity contribution >= 4 is 5.69 Å². The Labute approximate surface area is 118 Å². The van der Waals surface area contributed by atoms with Gasteiger partial charge < -0.3 is 15.0 Å². The number of nitrogens with two attached hydrogens (primary N) is 1. The van der Waals surface area contributed by atoms with Crippen LogP contribution in [0.15, 0.2) is 22.7 Å². The van der Waals surface area contributed by atoms with Gasteiger partial charge in [-0.15, -0.1) is 0 Å². The van der Waals surface area contributed by atoms with Crippen LogP contribution in [0.2, 0.25) is 0 Å². The van der Waals surface area contributed by atoms with E-state index in [1.54, 1.807) is 0 Å². The van der Waals surface area contributed by atoms with E-state index in [0.717, 1.165) is 30.6 Å². The lowest BCUT2D eigenvalue weighted by atomic mass is 10.1. The lowest BCUT2D eigenvalue weighted by Gasteiger charge is -2.20. The van der Waals surface area contributed by atoms with E-state index >= 15 is 0 Å². The minimum Gasteiger partial charge on any atom is -0.399 e. The van der Waals surface area contributed by atoms with Crippen molar-refractivity contribution in [3.05, 3.63) is 29.6 Å². The van der Waals surface area contributed by atoms with Gasteiger partial charge in [0, 0.05) is 24.3 Å². The van der Waals surface area contributed by atoms with Crippen LogP contribution in [0.4, 0.5) is 5.69 Å². The summed E-state index contributed by atoms with van der Waals surface area (Å²) in [6, 6.07) is 5.69. The number of nitrogens with zero attached hydrogens (tertiary/aromatic N) is 2. The van der Waals surface area contributed by atoms with Crippen molar-refractivity contribution in [2.75, 3.05) is 12.3 Å². The van der Waals surface area contributed by atoms with Crippen LogP contribution < -0.4 is 5.73 Å². The minimum atomic E-state index is 0.219. The molecule has 106 valence electrons. The van der Waals surface area contributed by atoms with Crippen LogP contribution in [0.1, 0.15) is 30.7 Å². The van der Waals surface area contributed by atoms with E-state index in [1.807, 2.05) is 25.1 Å². The maximum absolute atomic E-state index is 5.81. The van der Waals surface area contributed by atoms with Gasteiger partial charge in [0.1, 0.15) is 0 Å². The smallest absolute Gasteiger partial charge is 0.258 e. The van der Waals surface area contributed by atoms with E-state index in [9.17, 15) is 0 Å². The third-order valence-electron chi connectivity index (χ3n) is 3.64. The molecule has 0 amide bonds. The number of hydrogen-bond acceptors (Lipinski definition) is 5. The molecule has 1 aromatic carbocycles. The molecule has 2 N–H and O–H groups in total. The predicted molar refractivity (Wildman–Crippen MR) is 76.2 cm³/mol. The van der Waals surface area contributed by atoms with Gasteiger partial charge in [-0.25, -0.2) is 0 Å². The molecule has 0 radical (unpaired) electrons. The molecule has 2 aromatic rings. The summed E-state index contributed by atoms with van der Waals surface area (Å²) >= 11 is 0. The monoisotopic (exact) mass is 273 g/mol. The number of nitrogen functional groups attached to an aromatic ring is 1. The molecule has 3 rings (SSSR count). The molecule has 20 heavy (non-hydrogen) atoms. The molecule has 1 aromatic heterocycles. The van der Waals surface area contributed by atoms with Gasteiger partial charge in [0.15, 0.2) is 5.82 Å². The number of aryl methyl sites for hydroxylation is 1. The molecule has 1 aliphatic rings. The Hall–Kier alpha value is -1.88. The summed E-state index contributed by atoms with van der Waals surface area (Å²) in [6.45, 7) is 2.84. The highest BCUT2D eigenvalue weighted by Crippen LogP contribution is 2.25. The molecular formula is C15H19N3O2. The number of hydrogen-bond donors (Lipinski definition) is 1. The second-order valence-electron chi connectivity index (χ2n) is 5.28. The Kier molecular flexibility index (Phi) is 3.69. The van der Waals surface area contributed by atoms with Gasteiger partial charge in [-0.3, -0.25) is 0 Å². The van der Waals surface area contributed by atoms with E-state index in [1.165, 1.54) is 6.42 Å². The van der Waals surface area contributed by atoms with Gasteiger partial charge in [0.2, 0.25) is 0 Å². The van der Waals surface area contributed by atoms with Crippen molar-refractivity contribution in [2.45, 2.75) is 38.7 Å². The first-order valence-corrected chi connectivity index (χ1v) is 7.03. The molecule has 0 bridgehead atoms. The third kappa shape index (κ3) is 2.82. The molecular weight excluding hydrogens is 254 g/mol. The van der Waals surface area contributed by atoms with Crippen molar-refractivity contribution in [2.24, 2.45) is 0 Å². The highest BCUT2D eigenvalue weighted by molar-refractivity contribution is 5.63. The Morgan fingerprint density at radius 1 is 1.35 bits per heavy atom. The molecule has 1 saturated heterocycles. The summed E-state index contributed by atoms with van der Waals surface area (Å²) < 4.78 is 11.1. The van der Waals surface area contributed by atoms with Crippen molar-refractivity contribution in [1.29, 1.82) is 0 Å². The maximum Gasteiger partial charge on any atom is 0.258 e. The number of ether oxygens (including phenoxy) is 1. The molecule has 5 heteroatoms. The maximum atomic E-state index is 5.81. The summed E-state index contributed by atoms with van der Waals surface area (Å²) in [4.78, 5) is 4.46. The normalized spacial score (nSPS) is 19.1. The fourth-order valence-corrected chi connectivity index (χ4v) is 2.49. The lowest BCUT2D eigenvalue weighted by molar-refractivity contribution is 0.0153. The second kappa shape index (κ2) is 5.63. The van der Waals surface area contributed by atoms with Crippen LogP contribution in [0.25, 0.3) is 11.5 Å². The van der Waals surface area contributed by atoms with Crippen LogP contribution in [0.5, 0.6) is 0 Å². The van der Waals surface area contributed by atoms with Crippen LogP contribution >= 0.6 is 0 Å². The number of benzene rings is 1. The molecule has 0 aliphatic carbocycles. The van der Waals surface area contributed by atoms with E-state index in [4.69, 9.17) is 15.0 Å². The molecule has 5 nitrogen and oxygen atoms in total. The van der Waals surface area contributed by atoms with Gasteiger partial charge in [-0.1, -0.05) is 11.2 Å². The van der Waals surface area contributed by atoms with Crippen molar-refractivity contribution < 1.29 is 9.26 Å². The molecule has 0 spiro atoms. The first-order valence-electron chi connectivity index (χ1n) is 7.03. The van der Waals surface area contributed by atoms with Crippen LogP contribution in [0.3, 0.4) is 0 Å². The molecule has 2 heterocycles. The first kappa shape index (κ1) is 13.1. The van der Waals surface area contributed by atoms with Gasteiger partial charge in [-0.2, -0.15) is 4.98 Å². The number of anilines is 1. The fraction of sp³-hybridized carbons (Fsp3) is 0.467. The Balaban J connectivity index is 1.77. The SMILES string of the molecule is Cc1ccc(N)cc1-c1nc(CC2CCCCO2)no1. The van der Waals surface area contributed by atoms with Crippen molar-refractivity contribution in [1.82, 2.24) is 10.1 Å². The lowest BCUT2D eigenvalue weighted by Crippen LogP contribution is -2.21. The standard InChI is InChI=1S/C15H19N3O2/c1-10-5-6-11(16)8-13(10)15-17-14(18-20-15)9-12-4-2-3-7-19-12/h5-6,8,12H,2-4,7,9,16H2,1H3. The molecule has 1 atom stereocenters. The van der Waals surface area contributed by atoms with Gasteiger partial charge in [-0.05, 0) is 43.9 Å². The van der Waals surface area contributed by atoms with Crippen LogP contribution in [-0.4, -0.2) is 22.9 Å². The molecule has 1 fully saturated rings. The van der Waals surface area contributed by atoms with Gasteiger partial charge >= 0.3 is 0 Å². The van der Waals surface area contributed by atoms with Crippen LogP contribution in [0, 0.1) is 6.92 Å². The predicted octanol–water partition coefficient (Wildman–Crippen LogP) is 2.74. The summed E-state index contributed by atoms with van der Waals surface area (Å²) in [7, 11) is 0. The molecule has 1 aliphatic heterocycles. The summed E-state index contributed by atoms with van der Waals surface area (Å²) in [5, 5.41) is 4.05. The minimum absolute atomic E-state index is 0.219. The fourth-order valence-electron chi connectivity index (χ4n) is 2.49. The summed E-state index contributed by atoms with van der Waals surface area (Å²) in [6.07, 6.45) is 4.36. The average Bonchev–Trinajstić information content (AvgIpc) is 2.91. The Bertz CT molecular complexity index is 589. The van der Waals surface area contributed by atoms with E-state index in [0.29, 0.717) is 23.8 Å². The third-order valence-corrected chi connectivity index (χ3v) is 3.64. The highest BCUT2D eigenvalue weighted by Gasteiger charge is 2.18. The van der Waals surface area contributed by atoms with Crippen molar-refractivity contribution in [3.8, 4) is 11.5 Å². The molecule has 1 unspecified atom stereocenters. The van der Waals surface area contributed by atoms with Gasteiger partial charge in [0.05, 0.1) is 6.10 Å². The van der Waals surface area contributed by atoms with Crippen LogP contribution in [-0.2, 0) is 11.2 Å². The van der Waals surface area contributed by atoms with E-state index < -0.39 is 0 Å². The Morgan fingerprint density at radius 3 is 3.05 bits per heavy atom. The summed E-state index contributed by atoms with van der Waals surface area (Å²) in [5.74, 6) is 1.23. The van der Waals surface area contributed by atoms with E-state index in [-0.39, 0.29) is 6.10 Å². The largest absolute Gasteiger partial charge is 0.399 e. The second-order valence-corrected chi connectivity index (χ2v) is 5.28. The zero-order valence-corrected chi connectivity index (χ0v) is 11.6. The topological polar surface area (TPSA) is 74.2 Å². The first-order chi connectivity index (χ1) is 9.72. The highest BCUT2D eigenvalue weighted by atomic mass is 16.5. The zero-order chi connectivity index (χ0) is 13.9. The average molecular weight is 273 g/mol. The van der Waals surface area contributed by atoms with Gasteiger partial charge in [0.25, 0.3) is 5.89 Å². The quantitative estimate of drug-likeness (QED) is 0.870. The van der Waals surface area contributed by atoms with E-state index in [2.05, 4.69) is 10.1 Å². The summed E-state index contributed by atoms with van der Waals surface area (Å²) in [5.41, 5.74) is 8.48. The number of aromatic nitrogens is 2. The molecule has 0 saturated carbocycles. The van der Waals surface area contributed by atoms with Crippen molar-refractivity contribution in [3.63, 3.8) is 0 Å². The Morgan fingerprint density at radius 2 is 2.25 bits per heavy atom.